The van der Waals surface area contributed by atoms with Gasteiger partial charge in [-0.25, -0.2) is 0 Å². The van der Waals surface area contributed by atoms with Crippen LogP contribution in [-0.2, 0) is 20.9 Å². The number of nitrogens with one attached hydrogen (secondary N) is 2. The SMILES string of the molecule is O=C1CCC(N2Cc3c(SCC(=O)N4CCNCC4)cccc3C2=O)C(=O)N1. The van der Waals surface area contributed by atoms with E-state index in [4.69, 9.17) is 0 Å². The van der Waals surface area contributed by atoms with Crippen LogP contribution in [0.5, 0.6) is 0 Å². The highest BCUT2D eigenvalue weighted by Gasteiger charge is 2.39. The highest BCUT2D eigenvalue weighted by atomic mass is 32.2. The molecule has 148 valence electrons. The van der Waals surface area contributed by atoms with Crippen LogP contribution in [-0.4, -0.2) is 71.4 Å². The summed E-state index contributed by atoms with van der Waals surface area (Å²) >= 11 is 1.43. The monoisotopic (exact) mass is 402 g/mol. The number of hydrogen-bond acceptors (Lipinski definition) is 6. The van der Waals surface area contributed by atoms with Crippen LogP contribution in [0.15, 0.2) is 23.1 Å². The molecule has 1 aromatic rings. The van der Waals surface area contributed by atoms with E-state index in [1.165, 1.54) is 16.7 Å². The van der Waals surface area contributed by atoms with E-state index < -0.39 is 11.9 Å². The summed E-state index contributed by atoms with van der Waals surface area (Å²) in [6, 6.07) is 4.85. The van der Waals surface area contributed by atoms with Crippen molar-refractivity contribution in [3.8, 4) is 0 Å². The molecule has 4 rings (SSSR count). The largest absolute Gasteiger partial charge is 0.339 e. The number of benzene rings is 1. The number of imide groups is 1. The van der Waals surface area contributed by atoms with Gasteiger partial charge in [-0.15, -0.1) is 11.8 Å². The van der Waals surface area contributed by atoms with Gasteiger partial charge in [0.25, 0.3) is 5.91 Å². The lowest BCUT2D eigenvalue weighted by molar-refractivity contribution is -0.137. The van der Waals surface area contributed by atoms with Crippen LogP contribution in [0, 0.1) is 0 Å². The van der Waals surface area contributed by atoms with E-state index >= 15 is 0 Å². The quantitative estimate of drug-likeness (QED) is 0.542. The number of nitrogens with zero attached hydrogens (tertiary/aromatic N) is 2. The fourth-order valence-corrected chi connectivity index (χ4v) is 4.82. The molecular formula is C19H22N4O4S. The minimum atomic E-state index is -0.627. The minimum absolute atomic E-state index is 0.0930. The van der Waals surface area contributed by atoms with Crippen molar-refractivity contribution in [1.82, 2.24) is 20.4 Å². The van der Waals surface area contributed by atoms with Crippen LogP contribution in [0.4, 0.5) is 0 Å². The fourth-order valence-electron chi connectivity index (χ4n) is 3.84. The zero-order valence-electron chi connectivity index (χ0n) is 15.4. The lowest BCUT2D eigenvalue weighted by Crippen LogP contribution is -2.52. The number of thioether (sulfide) groups is 1. The van der Waals surface area contributed by atoms with Gasteiger partial charge < -0.3 is 15.1 Å². The van der Waals surface area contributed by atoms with E-state index in [9.17, 15) is 19.2 Å². The van der Waals surface area contributed by atoms with E-state index in [-0.39, 0.29) is 24.1 Å². The van der Waals surface area contributed by atoms with Crippen LogP contribution < -0.4 is 10.6 Å². The third kappa shape index (κ3) is 3.64. The van der Waals surface area contributed by atoms with E-state index in [0.717, 1.165) is 23.5 Å². The molecule has 2 N–H and O–H groups in total. The molecule has 4 amide bonds. The standard InChI is InChI=1S/C19H22N4O4S/c24-16-5-4-14(18(26)21-16)23-10-13-12(19(23)27)2-1-3-15(13)28-11-17(25)22-8-6-20-7-9-22/h1-3,14,20H,4-11H2,(H,21,24,26). The van der Waals surface area contributed by atoms with E-state index in [1.807, 2.05) is 17.0 Å². The lowest BCUT2D eigenvalue weighted by atomic mass is 10.0. The van der Waals surface area contributed by atoms with Gasteiger partial charge in [-0.05, 0) is 24.1 Å². The number of amides is 4. The first kappa shape index (κ1) is 18.9. The van der Waals surface area contributed by atoms with Gasteiger partial charge in [0.15, 0.2) is 0 Å². The molecule has 0 bridgehead atoms. The van der Waals surface area contributed by atoms with Gasteiger partial charge >= 0.3 is 0 Å². The van der Waals surface area contributed by atoms with Crippen molar-refractivity contribution in [3.05, 3.63) is 29.3 Å². The summed E-state index contributed by atoms with van der Waals surface area (Å²) in [6.45, 7) is 3.38. The number of fused-ring (bicyclic) bond motifs is 1. The summed E-state index contributed by atoms with van der Waals surface area (Å²) in [7, 11) is 0. The van der Waals surface area contributed by atoms with Crippen LogP contribution in [0.1, 0.15) is 28.8 Å². The predicted octanol–water partition coefficient (Wildman–Crippen LogP) is -0.0285. The highest BCUT2D eigenvalue weighted by Crippen LogP contribution is 2.34. The molecule has 0 aromatic heterocycles. The predicted molar refractivity (Wildman–Crippen MR) is 103 cm³/mol. The van der Waals surface area contributed by atoms with Crippen molar-refractivity contribution in [2.45, 2.75) is 30.3 Å². The molecule has 3 heterocycles. The van der Waals surface area contributed by atoms with E-state index in [1.54, 1.807) is 6.07 Å². The summed E-state index contributed by atoms with van der Waals surface area (Å²) in [6.07, 6.45) is 0.575. The summed E-state index contributed by atoms with van der Waals surface area (Å²) in [5.74, 6) is -0.493. The van der Waals surface area contributed by atoms with Crippen molar-refractivity contribution < 1.29 is 19.2 Å². The Balaban J connectivity index is 1.46. The molecule has 0 aliphatic carbocycles. The van der Waals surface area contributed by atoms with Crippen LogP contribution in [0.3, 0.4) is 0 Å². The zero-order valence-corrected chi connectivity index (χ0v) is 16.2. The molecule has 3 aliphatic rings. The average molecular weight is 402 g/mol. The van der Waals surface area contributed by atoms with Gasteiger partial charge in [0, 0.05) is 49.6 Å². The summed E-state index contributed by atoms with van der Waals surface area (Å²) in [5, 5.41) is 5.54. The third-order valence-electron chi connectivity index (χ3n) is 5.36. The van der Waals surface area contributed by atoms with Crippen molar-refractivity contribution in [1.29, 1.82) is 0 Å². The van der Waals surface area contributed by atoms with Gasteiger partial charge in [-0.1, -0.05) is 6.07 Å². The molecule has 8 nitrogen and oxygen atoms in total. The normalized spacial score (nSPS) is 22.3. The van der Waals surface area contributed by atoms with Crippen molar-refractivity contribution in [2.24, 2.45) is 0 Å². The molecule has 0 spiro atoms. The Morgan fingerprint density at radius 3 is 2.71 bits per heavy atom. The smallest absolute Gasteiger partial charge is 0.255 e. The maximum Gasteiger partial charge on any atom is 0.255 e. The van der Waals surface area contributed by atoms with Gasteiger partial charge in [0.2, 0.25) is 17.7 Å². The first-order valence-corrected chi connectivity index (χ1v) is 10.4. The Bertz CT molecular complexity index is 837. The Labute approximate surface area is 167 Å². The number of rotatable bonds is 4. The molecule has 9 heteroatoms. The van der Waals surface area contributed by atoms with Crippen molar-refractivity contribution >= 4 is 35.4 Å². The van der Waals surface area contributed by atoms with Crippen LogP contribution in [0.2, 0.25) is 0 Å². The molecule has 1 atom stereocenters. The average Bonchev–Trinajstić information content (AvgIpc) is 3.04. The molecule has 1 aromatic carbocycles. The first-order valence-electron chi connectivity index (χ1n) is 9.42. The summed E-state index contributed by atoms with van der Waals surface area (Å²) in [4.78, 5) is 53.1. The van der Waals surface area contributed by atoms with Gasteiger partial charge in [0.1, 0.15) is 6.04 Å². The van der Waals surface area contributed by atoms with Gasteiger partial charge in [-0.2, -0.15) is 0 Å². The third-order valence-corrected chi connectivity index (χ3v) is 6.44. The molecule has 1 unspecified atom stereocenters. The fraction of sp³-hybridized carbons (Fsp3) is 0.474. The molecule has 2 saturated heterocycles. The van der Waals surface area contributed by atoms with E-state index in [0.29, 0.717) is 37.4 Å². The molecule has 28 heavy (non-hydrogen) atoms. The second-order valence-corrected chi connectivity index (χ2v) is 8.12. The summed E-state index contributed by atoms with van der Waals surface area (Å²) < 4.78 is 0. The zero-order chi connectivity index (χ0) is 19.7. The summed E-state index contributed by atoms with van der Waals surface area (Å²) in [5.41, 5.74) is 1.43. The topological polar surface area (TPSA) is 98.8 Å². The molecule has 3 aliphatic heterocycles. The van der Waals surface area contributed by atoms with E-state index in [2.05, 4.69) is 10.6 Å². The number of piperidine rings is 1. The van der Waals surface area contributed by atoms with Crippen LogP contribution in [0.25, 0.3) is 0 Å². The minimum Gasteiger partial charge on any atom is -0.339 e. The van der Waals surface area contributed by atoms with Gasteiger partial charge in [0.05, 0.1) is 5.75 Å². The Morgan fingerprint density at radius 1 is 1.18 bits per heavy atom. The molecule has 0 radical (unpaired) electrons. The maximum absolute atomic E-state index is 12.8. The van der Waals surface area contributed by atoms with Gasteiger partial charge in [-0.3, -0.25) is 24.5 Å². The van der Waals surface area contributed by atoms with Crippen molar-refractivity contribution in [2.75, 3.05) is 31.9 Å². The molecular weight excluding hydrogens is 380 g/mol. The maximum atomic E-state index is 12.8. The number of piperazine rings is 1. The number of carbonyl (C=O) groups excluding carboxylic acids is 4. The Kier molecular flexibility index (Phi) is 5.36. The second kappa shape index (κ2) is 7.92. The van der Waals surface area contributed by atoms with Crippen molar-refractivity contribution in [3.63, 3.8) is 0 Å². The molecule has 2 fully saturated rings. The lowest BCUT2D eigenvalue weighted by Gasteiger charge is -2.29. The number of hydrogen-bond donors (Lipinski definition) is 2. The first-order chi connectivity index (χ1) is 13.5. The van der Waals surface area contributed by atoms with Crippen LogP contribution >= 0.6 is 11.8 Å². The highest BCUT2D eigenvalue weighted by molar-refractivity contribution is 8.00. The number of carbonyl (C=O) groups is 4. The Morgan fingerprint density at radius 2 is 1.96 bits per heavy atom. The Hall–Kier alpha value is -2.39. The molecule has 0 saturated carbocycles. The second-order valence-electron chi connectivity index (χ2n) is 7.10.